The van der Waals surface area contributed by atoms with Crippen molar-refractivity contribution in [3.63, 3.8) is 0 Å². The molecule has 0 amide bonds. The first-order valence-corrected chi connectivity index (χ1v) is 11.0. The first-order chi connectivity index (χ1) is 13.3. The molecule has 0 saturated heterocycles. The molecule has 0 saturated carbocycles. The second kappa shape index (κ2) is 10.1. The Bertz CT molecular complexity index is 817. The molecule has 0 heterocycles. The van der Waals surface area contributed by atoms with Crippen LogP contribution in [0.3, 0.4) is 0 Å². The van der Waals surface area contributed by atoms with Gasteiger partial charge in [-0.2, -0.15) is 0 Å². The summed E-state index contributed by atoms with van der Waals surface area (Å²) in [5.74, 6) is 0.379. The Morgan fingerprint density at radius 2 is 1.44 bits per heavy atom. The van der Waals surface area contributed by atoms with E-state index in [1.54, 1.807) is 0 Å². The molecule has 1 N–H and O–H groups in total. The minimum atomic E-state index is -0.774. The van der Waals surface area contributed by atoms with Crippen LogP contribution in [0.4, 0.5) is 0 Å². The molecular formula is C25H27OP. The van der Waals surface area contributed by atoms with Gasteiger partial charge >= 0.3 is 0 Å². The third-order valence-electron chi connectivity index (χ3n) is 4.55. The summed E-state index contributed by atoms with van der Waals surface area (Å²) in [6.45, 7) is 2.22. The molecule has 1 nitrogen and oxygen atoms in total. The SMILES string of the molecule is CCCCC/C=C\c1ccc(P(c2ccccc2)c2ccccc2)c(O)c1. The average molecular weight is 374 g/mol. The van der Waals surface area contributed by atoms with E-state index in [1.165, 1.54) is 29.9 Å². The fourth-order valence-electron chi connectivity index (χ4n) is 3.15. The van der Waals surface area contributed by atoms with Crippen LogP contribution in [0.2, 0.25) is 0 Å². The number of phenols is 1. The van der Waals surface area contributed by atoms with Crippen molar-refractivity contribution in [2.24, 2.45) is 0 Å². The van der Waals surface area contributed by atoms with E-state index in [0.717, 1.165) is 17.3 Å². The van der Waals surface area contributed by atoms with Crippen molar-refractivity contribution in [1.82, 2.24) is 0 Å². The standard InChI is InChI=1S/C25H27OP/c1-2-3-4-5-8-13-21-18-19-25(24(26)20-21)27(22-14-9-6-10-15-22)23-16-11-7-12-17-23/h6-20,26H,2-5H2,1H3/b13-8-. The van der Waals surface area contributed by atoms with E-state index in [1.807, 2.05) is 18.2 Å². The zero-order chi connectivity index (χ0) is 18.9. The summed E-state index contributed by atoms with van der Waals surface area (Å²) in [4.78, 5) is 0. The number of phenolic OH excluding ortho intramolecular Hbond substituents is 1. The van der Waals surface area contributed by atoms with E-state index >= 15 is 0 Å². The fraction of sp³-hybridized carbons (Fsp3) is 0.200. The Morgan fingerprint density at radius 3 is 2.00 bits per heavy atom. The average Bonchev–Trinajstić information content (AvgIpc) is 2.71. The van der Waals surface area contributed by atoms with Crippen LogP contribution in [0, 0.1) is 0 Å². The van der Waals surface area contributed by atoms with Gasteiger partial charge in [-0.25, -0.2) is 0 Å². The van der Waals surface area contributed by atoms with Gasteiger partial charge in [0.25, 0.3) is 0 Å². The summed E-state index contributed by atoms with van der Waals surface area (Å²) in [7, 11) is -0.774. The quantitative estimate of drug-likeness (QED) is 0.393. The van der Waals surface area contributed by atoms with E-state index in [0.29, 0.717) is 5.75 Å². The van der Waals surface area contributed by atoms with Crippen molar-refractivity contribution >= 4 is 29.9 Å². The highest BCUT2D eigenvalue weighted by Crippen LogP contribution is 2.36. The molecule has 0 aliphatic heterocycles. The second-order valence-corrected chi connectivity index (χ2v) is 8.84. The highest BCUT2D eigenvalue weighted by atomic mass is 31.1. The molecule has 0 bridgehead atoms. The van der Waals surface area contributed by atoms with Gasteiger partial charge in [0.2, 0.25) is 0 Å². The predicted molar refractivity (Wildman–Crippen MR) is 120 cm³/mol. The molecule has 27 heavy (non-hydrogen) atoms. The van der Waals surface area contributed by atoms with Crippen molar-refractivity contribution in [2.75, 3.05) is 0 Å². The van der Waals surface area contributed by atoms with E-state index in [9.17, 15) is 5.11 Å². The number of benzene rings is 3. The summed E-state index contributed by atoms with van der Waals surface area (Å²) in [5, 5.41) is 14.3. The van der Waals surface area contributed by atoms with Crippen molar-refractivity contribution in [2.45, 2.75) is 32.6 Å². The maximum absolute atomic E-state index is 10.8. The van der Waals surface area contributed by atoms with Gasteiger partial charge in [-0.3, -0.25) is 0 Å². The molecule has 0 fully saturated rings. The summed E-state index contributed by atoms with van der Waals surface area (Å²) in [6.07, 6.45) is 9.16. The molecule has 3 aromatic carbocycles. The monoisotopic (exact) mass is 374 g/mol. The normalized spacial score (nSPS) is 11.3. The number of hydrogen-bond donors (Lipinski definition) is 1. The van der Waals surface area contributed by atoms with Gasteiger partial charge in [0.05, 0.1) is 0 Å². The smallest absolute Gasteiger partial charge is 0.124 e. The molecule has 3 rings (SSSR count). The largest absolute Gasteiger partial charge is 0.507 e. The van der Waals surface area contributed by atoms with Crippen LogP contribution in [0.25, 0.3) is 6.08 Å². The van der Waals surface area contributed by atoms with Crippen LogP contribution in [0.15, 0.2) is 84.9 Å². The topological polar surface area (TPSA) is 20.2 Å². The van der Waals surface area contributed by atoms with Crippen molar-refractivity contribution < 1.29 is 5.11 Å². The zero-order valence-corrected chi connectivity index (χ0v) is 16.8. The number of unbranched alkanes of at least 4 members (excludes halogenated alkanes) is 3. The molecule has 2 heteroatoms. The molecule has 0 aromatic heterocycles. The minimum Gasteiger partial charge on any atom is -0.507 e. The Hall–Kier alpha value is -2.37. The third-order valence-corrected chi connectivity index (χ3v) is 7.04. The lowest BCUT2D eigenvalue weighted by molar-refractivity contribution is 0.479. The van der Waals surface area contributed by atoms with Crippen LogP contribution < -0.4 is 15.9 Å². The highest BCUT2D eigenvalue weighted by Gasteiger charge is 2.19. The van der Waals surface area contributed by atoms with Crippen molar-refractivity contribution in [3.8, 4) is 5.75 Å². The van der Waals surface area contributed by atoms with Crippen LogP contribution in [-0.4, -0.2) is 5.11 Å². The molecule has 0 atom stereocenters. The summed E-state index contributed by atoms with van der Waals surface area (Å²) >= 11 is 0. The number of rotatable bonds is 8. The molecule has 0 radical (unpaired) electrons. The maximum atomic E-state index is 10.8. The fourth-order valence-corrected chi connectivity index (χ4v) is 5.46. The lowest BCUT2D eigenvalue weighted by atomic mass is 10.1. The Labute approximate surface area is 164 Å². The van der Waals surface area contributed by atoms with Gasteiger partial charge in [0.15, 0.2) is 0 Å². The van der Waals surface area contributed by atoms with E-state index < -0.39 is 7.92 Å². The van der Waals surface area contributed by atoms with Gasteiger partial charge in [-0.05, 0) is 49.1 Å². The van der Waals surface area contributed by atoms with Crippen LogP contribution in [-0.2, 0) is 0 Å². The molecule has 0 spiro atoms. The highest BCUT2D eigenvalue weighted by molar-refractivity contribution is 7.80. The molecule has 0 aliphatic carbocycles. The van der Waals surface area contributed by atoms with Gasteiger partial charge in [-0.1, -0.05) is 98.6 Å². The summed E-state index contributed by atoms with van der Waals surface area (Å²) < 4.78 is 0. The molecule has 0 aliphatic rings. The van der Waals surface area contributed by atoms with E-state index in [2.05, 4.69) is 79.7 Å². The summed E-state index contributed by atoms with van der Waals surface area (Å²) in [5.41, 5.74) is 1.06. The van der Waals surface area contributed by atoms with Crippen LogP contribution >= 0.6 is 7.92 Å². The maximum Gasteiger partial charge on any atom is 0.124 e. The van der Waals surface area contributed by atoms with Gasteiger partial charge < -0.3 is 5.11 Å². The Kier molecular flexibility index (Phi) is 7.25. The lowest BCUT2D eigenvalue weighted by Gasteiger charge is -2.20. The first kappa shape index (κ1) is 19.4. The van der Waals surface area contributed by atoms with Gasteiger partial charge in [-0.15, -0.1) is 0 Å². The Balaban J connectivity index is 1.89. The predicted octanol–water partition coefficient (Wildman–Crippen LogP) is 5.74. The van der Waals surface area contributed by atoms with E-state index in [4.69, 9.17) is 0 Å². The zero-order valence-electron chi connectivity index (χ0n) is 15.9. The number of aromatic hydroxyl groups is 1. The number of hydrogen-bond acceptors (Lipinski definition) is 1. The molecule has 138 valence electrons. The van der Waals surface area contributed by atoms with Crippen LogP contribution in [0.5, 0.6) is 5.75 Å². The molecular weight excluding hydrogens is 347 g/mol. The first-order valence-electron chi connectivity index (χ1n) is 9.69. The number of allylic oxidation sites excluding steroid dienone is 1. The van der Waals surface area contributed by atoms with Gasteiger partial charge in [0, 0.05) is 5.30 Å². The van der Waals surface area contributed by atoms with Crippen molar-refractivity contribution in [1.29, 1.82) is 0 Å². The molecule has 3 aromatic rings. The van der Waals surface area contributed by atoms with Gasteiger partial charge in [0.1, 0.15) is 5.75 Å². The summed E-state index contributed by atoms with van der Waals surface area (Å²) in [6, 6.07) is 27.1. The lowest BCUT2D eigenvalue weighted by Crippen LogP contribution is -2.20. The molecule has 0 unspecified atom stereocenters. The van der Waals surface area contributed by atoms with E-state index in [-0.39, 0.29) is 0 Å². The Morgan fingerprint density at radius 1 is 0.815 bits per heavy atom. The van der Waals surface area contributed by atoms with Crippen LogP contribution in [0.1, 0.15) is 38.2 Å². The third kappa shape index (κ3) is 5.31. The van der Waals surface area contributed by atoms with Crippen molar-refractivity contribution in [3.05, 3.63) is 90.5 Å². The minimum absolute atomic E-state index is 0.379. The second-order valence-electron chi connectivity index (χ2n) is 6.65.